The number of hydrogen-bond donors (Lipinski definition) is 1. The Morgan fingerprint density at radius 2 is 1.81 bits per heavy atom. The van der Waals surface area contributed by atoms with Crippen molar-refractivity contribution in [2.45, 2.75) is 45.6 Å². The second kappa shape index (κ2) is 9.90. The van der Waals surface area contributed by atoms with E-state index in [1.807, 2.05) is 35.0 Å². The molecule has 0 saturated carbocycles. The predicted octanol–water partition coefficient (Wildman–Crippen LogP) is 3.82. The highest BCUT2D eigenvalue weighted by Crippen LogP contribution is 2.25. The number of nitrogens with zero attached hydrogens (tertiary/aromatic N) is 2. The van der Waals surface area contributed by atoms with E-state index >= 15 is 0 Å². The molecular weight excluding hydrogens is 362 g/mol. The Hall–Kier alpha value is -1.85. The first-order valence-electron chi connectivity index (χ1n) is 9.72. The Balaban J connectivity index is 0.00000261. The molecule has 2 aromatic rings. The zero-order valence-electron chi connectivity index (χ0n) is 16.2. The zero-order valence-corrected chi connectivity index (χ0v) is 17.1. The molecule has 0 bridgehead atoms. The Morgan fingerprint density at radius 3 is 2.52 bits per heavy atom. The number of benzene rings is 1. The fourth-order valence-corrected chi connectivity index (χ4v) is 3.70. The fraction of sp³-hybridized carbons (Fsp3) is 0.524. The molecule has 3 rings (SSSR count). The largest absolute Gasteiger partial charge is 0.349 e. The van der Waals surface area contributed by atoms with Gasteiger partial charge in [0.2, 0.25) is 0 Å². The second-order valence-corrected chi connectivity index (χ2v) is 7.40. The molecule has 1 fully saturated rings. The van der Waals surface area contributed by atoms with Crippen LogP contribution in [-0.4, -0.2) is 47.3 Å². The minimum atomic E-state index is -0.504. The molecule has 6 heteroatoms. The third-order valence-electron chi connectivity index (χ3n) is 5.13. The van der Waals surface area contributed by atoms with Crippen molar-refractivity contribution in [1.82, 2.24) is 14.8 Å². The number of hydrogen-bond acceptors (Lipinski definition) is 3. The number of amides is 1. The van der Waals surface area contributed by atoms with Gasteiger partial charge in [0, 0.05) is 29.7 Å². The lowest BCUT2D eigenvalue weighted by Gasteiger charge is -2.26. The molecule has 1 aromatic heterocycles. The van der Waals surface area contributed by atoms with Crippen LogP contribution in [0.2, 0.25) is 0 Å². The molecule has 2 heterocycles. The standard InChI is InChI=1S/C21H29N3O2.ClH/c1-16(2)24-15-18(17-9-4-5-10-19(17)24)20(25)21(26)22-11-8-14-23-12-6-3-7-13-23;/h4-5,9-10,15-16H,3,6-8,11-14H2,1-2H3,(H,22,26);1H. The molecule has 1 saturated heterocycles. The van der Waals surface area contributed by atoms with Gasteiger partial charge in [-0.25, -0.2) is 0 Å². The average Bonchev–Trinajstić information content (AvgIpc) is 3.05. The van der Waals surface area contributed by atoms with Gasteiger partial charge >= 0.3 is 0 Å². The number of aromatic nitrogens is 1. The van der Waals surface area contributed by atoms with E-state index in [4.69, 9.17) is 0 Å². The zero-order chi connectivity index (χ0) is 18.5. The van der Waals surface area contributed by atoms with Gasteiger partial charge in [-0.1, -0.05) is 24.6 Å². The molecule has 0 spiro atoms. The lowest BCUT2D eigenvalue weighted by Crippen LogP contribution is -2.35. The number of halogens is 1. The van der Waals surface area contributed by atoms with Gasteiger partial charge in [-0.05, 0) is 58.8 Å². The van der Waals surface area contributed by atoms with E-state index in [2.05, 4.69) is 24.1 Å². The topological polar surface area (TPSA) is 54.3 Å². The molecule has 1 aliphatic heterocycles. The summed E-state index contributed by atoms with van der Waals surface area (Å²) in [6.07, 6.45) is 6.55. The summed E-state index contributed by atoms with van der Waals surface area (Å²) >= 11 is 0. The number of piperidine rings is 1. The first-order chi connectivity index (χ1) is 12.6. The smallest absolute Gasteiger partial charge is 0.292 e. The Kier molecular flexibility index (Phi) is 7.87. The Bertz CT molecular complexity index is 779. The van der Waals surface area contributed by atoms with E-state index in [1.165, 1.54) is 19.3 Å². The maximum atomic E-state index is 12.7. The quantitative estimate of drug-likeness (QED) is 0.443. The van der Waals surface area contributed by atoms with Crippen LogP contribution in [0.4, 0.5) is 0 Å². The van der Waals surface area contributed by atoms with Crippen molar-refractivity contribution in [3.05, 3.63) is 36.0 Å². The van der Waals surface area contributed by atoms with E-state index in [1.54, 1.807) is 0 Å². The van der Waals surface area contributed by atoms with Crippen molar-refractivity contribution in [2.24, 2.45) is 0 Å². The SMILES string of the molecule is CC(C)n1cc(C(=O)C(=O)NCCCN2CCCCC2)c2ccccc21.Cl. The van der Waals surface area contributed by atoms with Gasteiger partial charge < -0.3 is 14.8 Å². The number of ketones is 1. The van der Waals surface area contributed by atoms with E-state index in [0.29, 0.717) is 12.1 Å². The summed E-state index contributed by atoms with van der Waals surface area (Å²) in [5.74, 6) is -0.950. The summed E-state index contributed by atoms with van der Waals surface area (Å²) in [5.41, 5.74) is 1.48. The molecule has 1 amide bonds. The number of rotatable bonds is 7. The highest BCUT2D eigenvalue weighted by molar-refractivity contribution is 6.45. The number of fused-ring (bicyclic) bond motifs is 1. The molecule has 1 aromatic carbocycles. The molecule has 1 aliphatic rings. The van der Waals surface area contributed by atoms with Crippen molar-refractivity contribution in [2.75, 3.05) is 26.2 Å². The van der Waals surface area contributed by atoms with Crippen molar-refractivity contribution in [3.63, 3.8) is 0 Å². The summed E-state index contributed by atoms with van der Waals surface area (Å²) in [6.45, 7) is 7.98. The minimum Gasteiger partial charge on any atom is -0.349 e. The van der Waals surface area contributed by atoms with Crippen LogP contribution in [0.1, 0.15) is 55.9 Å². The first-order valence-corrected chi connectivity index (χ1v) is 9.72. The van der Waals surface area contributed by atoms with Crippen LogP contribution in [0.3, 0.4) is 0 Å². The van der Waals surface area contributed by atoms with Crippen LogP contribution in [0.25, 0.3) is 10.9 Å². The van der Waals surface area contributed by atoms with Gasteiger partial charge in [0.25, 0.3) is 11.7 Å². The maximum Gasteiger partial charge on any atom is 0.292 e. The van der Waals surface area contributed by atoms with Crippen LogP contribution < -0.4 is 5.32 Å². The second-order valence-electron chi connectivity index (χ2n) is 7.40. The molecule has 0 unspecified atom stereocenters. The molecule has 0 radical (unpaired) electrons. The monoisotopic (exact) mass is 391 g/mol. The summed E-state index contributed by atoms with van der Waals surface area (Å²) in [5, 5.41) is 3.64. The summed E-state index contributed by atoms with van der Waals surface area (Å²) in [4.78, 5) is 27.4. The van der Waals surface area contributed by atoms with Crippen LogP contribution in [-0.2, 0) is 4.79 Å². The van der Waals surface area contributed by atoms with Gasteiger partial charge in [-0.2, -0.15) is 0 Å². The molecule has 27 heavy (non-hydrogen) atoms. The molecule has 0 aliphatic carbocycles. The van der Waals surface area contributed by atoms with Crippen LogP contribution in [0, 0.1) is 0 Å². The fourth-order valence-electron chi connectivity index (χ4n) is 3.70. The van der Waals surface area contributed by atoms with Crippen molar-refractivity contribution in [3.8, 4) is 0 Å². The predicted molar refractivity (Wildman–Crippen MR) is 112 cm³/mol. The molecule has 0 atom stereocenters. The number of nitrogens with one attached hydrogen (secondary N) is 1. The van der Waals surface area contributed by atoms with E-state index < -0.39 is 11.7 Å². The summed E-state index contributed by atoms with van der Waals surface area (Å²) in [6, 6.07) is 7.98. The molecule has 148 valence electrons. The Labute approximate surface area is 167 Å². The highest BCUT2D eigenvalue weighted by atomic mass is 35.5. The lowest BCUT2D eigenvalue weighted by molar-refractivity contribution is -0.117. The molecule has 1 N–H and O–H groups in total. The van der Waals surface area contributed by atoms with Crippen LogP contribution in [0.15, 0.2) is 30.5 Å². The van der Waals surface area contributed by atoms with E-state index in [0.717, 1.165) is 37.0 Å². The maximum absolute atomic E-state index is 12.7. The van der Waals surface area contributed by atoms with Gasteiger partial charge in [0.15, 0.2) is 0 Å². The van der Waals surface area contributed by atoms with Gasteiger partial charge in [0.05, 0.1) is 5.56 Å². The summed E-state index contributed by atoms with van der Waals surface area (Å²) < 4.78 is 2.05. The number of carbonyl (C=O) groups is 2. The van der Waals surface area contributed by atoms with Crippen molar-refractivity contribution in [1.29, 1.82) is 0 Å². The van der Waals surface area contributed by atoms with Crippen LogP contribution >= 0.6 is 12.4 Å². The third kappa shape index (κ3) is 5.11. The number of Topliss-reactive ketones (excluding diaryl/α,β-unsaturated/α-hetero) is 1. The van der Waals surface area contributed by atoms with Crippen molar-refractivity contribution >= 4 is 35.0 Å². The van der Waals surface area contributed by atoms with Crippen molar-refractivity contribution < 1.29 is 9.59 Å². The minimum absolute atomic E-state index is 0. The van der Waals surface area contributed by atoms with Gasteiger partial charge in [-0.3, -0.25) is 9.59 Å². The highest BCUT2D eigenvalue weighted by Gasteiger charge is 2.22. The summed E-state index contributed by atoms with van der Waals surface area (Å²) in [7, 11) is 0. The van der Waals surface area contributed by atoms with Crippen LogP contribution in [0.5, 0.6) is 0 Å². The number of carbonyl (C=O) groups excluding carboxylic acids is 2. The van der Waals surface area contributed by atoms with E-state index in [-0.39, 0.29) is 18.4 Å². The number of para-hydroxylation sites is 1. The third-order valence-corrected chi connectivity index (χ3v) is 5.13. The van der Waals surface area contributed by atoms with Gasteiger partial charge in [-0.15, -0.1) is 12.4 Å². The molecule has 5 nitrogen and oxygen atoms in total. The lowest BCUT2D eigenvalue weighted by atomic mass is 10.1. The number of likely N-dealkylation sites (tertiary alicyclic amines) is 1. The van der Waals surface area contributed by atoms with E-state index in [9.17, 15) is 9.59 Å². The van der Waals surface area contributed by atoms with Gasteiger partial charge in [0.1, 0.15) is 0 Å². The normalized spacial score (nSPS) is 14.9. The molecular formula is C21H30ClN3O2. The average molecular weight is 392 g/mol. The first kappa shape index (κ1) is 21.5. The Morgan fingerprint density at radius 1 is 1.11 bits per heavy atom.